The van der Waals surface area contributed by atoms with Gasteiger partial charge in [-0.3, -0.25) is 14.6 Å². The maximum absolute atomic E-state index is 12.3. The fraction of sp³-hybridized carbons (Fsp3) is 0.533. The number of rotatable bonds is 4. The Balaban J connectivity index is 2.02. The SMILES string of the molecule is CC1C[C@H](C(=O)NC(C)c2cccnc2)[C@H](C(=O)O)C1. The summed E-state index contributed by atoms with van der Waals surface area (Å²) in [6.07, 6.45) is 4.60. The van der Waals surface area contributed by atoms with E-state index in [1.54, 1.807) is 12.4 Å². The number of pyridine rings is 1. The van der Waals surface area contributed by atoms with Crippen LogP contribution < -0.4 is 5.32 Å². The minimum atomic E-state index is -0.872. The van der Waals surface area contributed by atoms with Gasteiger partial charge in [0.25, 0.3) is 0 Å². The van der Waals surface area contributed by atoms with Crippen molar-refractivity contribution in [2.45, 2.75) is 32.7 Å². The third-order valence-electron chi connectivity index (χ3n) is 4.00. The summed E-state index contributed by atoms with van der Waals surface area (Å²) in [5.41, 5.74) is 0.916. The van der Waals surface area contributed by atoms with Gasteiger partial charge in [-0.15, -0.1) is 0 Å². The molecule has 2 rings (SSSR count). The zero-order valence-electron chi connectivity index (χ0n) is 11.7. The van der Waals surface area contributed by atoms with E-state index in [0.717, 1.165) is 5.56 Å². The van der Waals surface area contributed by atoms with Gasteiger partial charge in [0, 0.05) is 12.4 Å². The highest BCUT2D eigenvalue weighted by Gasteiger charge is 2.41. The summed E-state index contributed by atoms with van der Waals surface area (Å²) >= 11 is 0. The third-order valence-corrected chi connectivity index (χ3v) is 4.00. The van der Waals surface area contributed by atoms with Crippen LogP contribution in [0, 0.1) is 17.8 Å². The zero-order valence-corrected chi connectivity index (χ0v) is 11.7. The van der Waals surface area contributed by atoms with Crippen LogP contribution in [0.25, 0.3) is 0 Å². The molecule has 1 aromatic heterocycles. The number of hydrogen-bond donors (Lipinski definition) is 2. The van der Waals surface area contributed by atoms with Gasteiger partial charge in [-0.2, -0.15) is 0 Å². The molecule has 0 spiro atoms. The van der Waals surface area contributed by atoms with Crippen LogP contribution in [0.5, 0.6) is 0 Å². The summed E-state index contributed by atoms with van der Waals surface area (Å²) in [6, 6.07) is 3.54. The largest absolute Gasteiger partial charge is 0.481 e. The van der Waals surface area contributed by atoms with Crippen LogP contribution in [0.4, 0.5) is 0 Å². The molecule has 2 unspecified atom stereocenters. The van der Waals surface area contributed by atoms with Crippen molar-refractivity contribution in [2.24, 2.45) is 17.8 Å². The average Bonchev–Trinajstić information content (AvgIpc) is 2.82. The molecule has 108 valence electrons. The predicted octanol–water partition coefficient (Wildman–Crippen LogP) is 2.01. The number of nitrogens with zero attached hydrogens (tertiary/aromatic N) is 1. The van der Waals surface area contributed by atoms with Crippen LogP contribution >= 0.6 is 0 Å². The summed E-state index contributed by atoms with van der Waals surface area (Å²) in [6.45, 7) is 3.87. The maximum atomic E-state index is 12.3. The molecule has 1 aliphatic carbocycles. The molecule has 1 aliphatic rings. The lowest BCUT2D eigenvalue weighted by atomic mass is 9.95. The standard InChI is InChI=1S/C15H20N2O3/c1-9-6-12(13(7-9)15(19)20)14(18)17-10(2)11-4-3-5-16-8-11/h3-5,8-10,12-13H,6-7H2,1-2H3,(H,17,18)(H,19,20)/t9?,10?,12-,13+/m0/s1. The number of hydrogen-bond acceptors (Lipinski definition) is 3. The Labute approximate surface area is 118 Å². The van der Waals surface area contributed by atoms with Gasteiger partial charge in [0.1, 0.15) is 0 Å². The second kappa shape index (κ2) is 6.03. The second-order valence-electron chi connectivity index (χ2n) is 5.64. The summed E-state index contributed by atoms with van der Waals surface area (Å²) in [4.78, 5) is 27.5. The molecule has 0 saturated heterocycles. The van der Waals surface area contributed by atoms with Crippen LogP contribution in [-0.2, 0) is 9.59 Å². The molecule has 2 N–H and O–H groups in total. The first-order valence-corrected chi connectivity index (χ1v) is 6.92. The number of carbonyl (C=O) groups is 2. The summed E-state index contributed by atoms with van der Waals surface area (Å²) < 4.78 is 0. The molecule has 0 bridgehead atoms. The summed E-state index contributed by atoms with van der Waals surface area (Å²) in [5, 5.41) is 12.1. The second-order valence-corrected chi connectivity index (χ2v) is 5.64. The van der Waals surface area contributed by atoms with E-state index < -0.39 is 17.8 Å². The fourth-order valence-electron chi connectivity index (χ4n) is 2.89. The van der Waals surface area contributed by atoms with Gasteiger partial charge in [-0.05, 0) is 37.3 Å². The van der Waals surface area contributed by atoms with Gasteiger partial charge in [0.05, 0.1) is 17.9 Å². The summed E-state index contributed by atoms with van der Waals surface area (Å²) in [7, 11) is 0. The lowest BCUT2D eigenvalue weighted by Gasteiger charge is -2.19. The number of aliphatic carboxylic acids is 1. The Morgan fingerprint density at radius 1 is 1.40 bits per heavy atom. The van der Waals surface area contributed by atoms with Crippen LogP contribution in [-0.4, -0.2) is 22.0 Å². The Kier molecular flexibility index (Phi) is 4.37. The molecule has 1 saturated carbocycles. The van der Waals surface area contributed by atoms with Gasteiger partial charge in [-0.25, -0.2) is 0 Å². The zero-order chi connectivity index (χ0) is 14.7. The molecule has 5 nitrogen and oxygen atoms in total. The molecular weight excluding hydrogens is 256 g/mol. The molecular formula is C15H20N2O3. The first-order valence-electron chi connectivity index (χ1n) is 6.92. The van der Waals surface area contributed by atoms with Crippen molar-refractivity contribution in [2.75, 3.05) is 0 Å². The highest BCUT2D eigenvalue weighted by molar-refractivity contribution is 5.85. The Bertz CT molecular complexity index is 489. The molecule has 0 aliphatic heterocycles. The number of aromatic nitrogens is 1. The minimum absolute atomic E-state index is 0.165. The Morgan fingerprint density at radius 2 is 2.10 bits per heavy atom. The quantitative estimate of drug-likeness (QED) is 0.881. The molecule has 20 heavy (non-hydrogen) atoms. The number of carbonyl (C=O) groups excluding carboxylic acids is 1. The van der Waals surface area contributed by atoms with Gasteiger partial charge in [0.15, 0.2) is 0 Å². The van der Waals surface area contributed by atoms with E-state index in [1.165, 1.54) is 0 Å². The first kappa shape index (κ1) is 14.5. The lowest BCUT2D eigenvalue weighted by Crippen LogP contribution is -2.36. The van der Waals surface area contributed by atoms with Crippen molar-refractivity contribution >= 4 is 11.9 Å². The average molecular weight is 276 g/mol. The van der Waals surface area contributed by atoms with Crippen LogP contribution in [0.2, 0.25) is 0 Å². The minimum Gasteiger partial charge on any atom is -0.481 e. The van der Waals surface area contributed by atoms with Crippen molar-refractivity contribution in [3.05, 3.63) is 30.1 Å². The van der Waals surface area contributed by atoms with E-state index in [4.69, 9.17) is 0 Å². The van der Waals surface area contributed by atoms with E-state index in [0.29, 0.717) is 12.8 Å². The summed E-state index contributed by atoms with van der Waals surface area (Å²) in [5.74, 6) is -1.75. The van der Waals surface area contributed by atoms with Crippen molar-refractivity contribution in [1.82, 2.24) is 10.3 Å². The van der Waals surface area contributed by atoms with Gasteiger partial charge in [0.2, 0.25) is 5.91 Å². The highest BCUT2D eigenvalue weighted by atomic mass is 16.4. The third kappa shape index (κ3) is 3.15. The van der Waals surface area contributed by atoms with Crippen LogP contribution in [0.1, 0.15) is 38.3 Å². The number of carboxylic acids is 1. The van der Waals surface area contributed by atoms with E-state index >= 15 is 0 Å². The number of amides is 1. The van der Waals surface area contributed by atoms with Crippen LogP contribution in [0.15, 0.2) is 24.5 Å². The maximum Gasteiger partial charge on any atom is 0.307 e. The van der Waals surface area contributed by atoms with Crippen molar-refractivity contribution in [3.63, 3.8) is 0 Å². The van der Waals surface area contributed by atoms with Crippen molar-refractivity contribution < 1.29 is 14.7 Å². The van der Waals surface area contributed by atoms with E-state index in [-0.39, 0.29) is 17.9 Å². The normalized spacial score (nSPS) is 27.0. The van der Waals surface area contributed by atoms with E-state index in [2.05, 4.69) is 10.3 Å². The highest BCUT2D eigenvalue weighted by Crippen LogP contribution is 2.36. The molecule has 1 heterocycles. The first-order chi connectivity index (χ1) is 9.49. The van der Waals surface area contributed by atoms with Gasteiger partial charge < -0.3 is 10.4 Å². The Hall–Kier alpha value is -1.91. The number of carboxylic acid groups (broad SMARTS) is 1. The Morgan fingerprint density at radius 3 is 2.70 bits per heavy atom. The van der Waals surface area contributed by atoms with E-state index in [9.17, 15) is 14.7 Å². The smallest absolute Gasteiger partial charge is 0.307 e. The van der Waals surface area contributed by atoms with Crippen molar-refractivity contribution in [1.29, 1.82) is 0 Å². The topological polar surface area (TPSA) is 79.3 Å². The lowest BCUT2D eigenvalue weighted by molar-refractivity contribution is -0.146. The molecule has 5 heteroatoms. The molecule has 0 radical (unpaired) electrons. The fourth-order valence-corrected chi connectivity index (χ4v) is 2.89. The molecule has 0 aromatic carbocycles. The molecule has 4 atom stereocenters. The number of nitrogens with one attached hydrogen (secondary N) is 1. The molecule has 1 fully saturated rings. The van der Waals surface area contributed by atoms with Crippen molar-refractivity contribution in [3.8, 4) is 0 Å². The van der Waals surface area contributed by atoms with E-state index in [1.807, 2.05) is 26.0 Å². The monoisotopic (exact) mass is 276 g/mol. The molecule has 1 amide bonds. The van der Waals surface area contributed by atoms with Gasteiger partial charge in [-0.1, -0.05) is 13.0 Å². The van der Waals surface area contributed by atoms with Gasteiger partial charge >= 0.3 is 5.97 Å². The predicted molar refractivity (Wildman–Crippen MR) is 73.8 cm³/mol. The molecule has 1 aromatic rings. The van der Waals surface area contributed by atoms with Crippen LogP contribution in [0.3, 0.4) is 0 Å².